The molecule has 1 heterocycles. The van der Waals surface area contributed by atoms with E-state index in [0.717, 1.165) is 41.9 Å². The van der Waals surface area contributed by atoms with E-state index >= 15 is 0 Å². The molecule has 4 nitrogen and oxygen atoms in total. The van der Waals surface area contributed by atoms with Gasteiger partial charge in [-0.1, -0.05) is 30.3 Å². The largest absolute Gasteiger partial charge is 0.367 e. The zero-order chi connectivity index (χ0) is 16.2. The molecule has 1 saturated heterocycles. The predicted octanol–water partition coefficient (Wildman–Crippen LogP) is 4.11. The molecule has 2 aromatic rings. The Bertz CT molecular complexity index is 696. The van der Waals surface area contributed by atoms with Gasteiger partial charge in [0.25, 0.3) is 0 Å². The minimum Gasteiger partial charge on any atom is -0.367 e. The molecule has 0 saturated carbocycles. The molecule has 1 aliphatic rings. The average Bonchev–Trinajstić information content (AvgIpc) is 2.57. The van der Waals surface area contributed by atoms with E-state index in [-0.39, 0.29) is 6.03 Å². The number of nitrogens with zero attached hydrogens (tertiary/aromatic N) is 2. The number of para-hydroxylation sites is 2. The highest BCUT2D eigenvalue weighted by molar-refractivity contribution is 9.10. The first-order valence-electron chi connectivity index (χ1n) is 7.76. The highest BCUT2D eigenvalue weighted by atomic mass is 79.9. The van der Waals surface area contributed by atoms with E-state index < -0.39 is 0 Å². The number of carbonyl (C=O) groups excluding carboxylic acids is 1. The quantitative estimate of drug-likeness (QED) is 0.859. The molecule has 0 unspecified atom stereocenters. The van der Waals surface area contributed by atoms with Crippen molar-refractivity contribution in [3.05, 3.63) is 58.6 Å². The number of hydrogen-bond donors (Lipinski definition) is 1. The first-order chi connectivity index (χ1) is 11.1. The Hall–Kier alpha value is -2.01. The second-order valence-corrected chi connectivity index (χ2v) is 6.52. The topological polar surface area (TPSA) is 35.6 Å². The van der Waals surface area contributed by atoms with Crippen molar-refractivity contribution in [2.24, 2.45) is 0 Å². The molecule has 0 atom stereocenters. The summed E-state index contributed by atoms with van der Waals surface area (Å²) in [6, 6.07) is 16.0. The highest BCUT2D eigenvalue weighted by Crippen LogP contribution is 2.26. The summed E-state index contributed by atoms with van der Waals surface area (Å²) in [6.07, 6.45) is 0. The van der Waals surface area contributed by atoms with Gasteiger partial charge in [-0.3, -0.25) is 0 Å². The van der Waals surface area contributed by atoms with Gasteiger partial charge in [-0.2, -0.15) is 0 Å². The number of halogens is 1. The van der Waals surface area contributed by atoms with Gasteiger partial charge in [0.1, 0.15) is 0 Å². The van der Waals surface area contributed by atoms with Crippen molar-refractivity contribution < 1.29 is 4.79 Å². The van der Waals surface area contributed by atoms with Crippen LogP contribution >= 0.6 is 15.9 Å². The third-order valence-corrected chi connectivity index (χ3v) is 4.82. The third kappa shape index (κ3) is 3.67. The summed E-state index contributed by atoms with van der Waals surface area (Å²) < 4.78 is 1.10. The first kappa shape index (κ1) is 15.9. The van der Waals surface area contributed by atoms with Gasteiger partial charge in [-0.05, 0) is 46.6 Å². The minimum atomic E-state index is -0.0222. The summed E-state index contributed by atoms with van der Waals surface area (Å²) in [5, 5.41) is 3.01. The molecule has 3 rings (SSSR count). The third-order valence-electron chi connectivity index (χ3n) is 4.15. The zero-order valence-corrected chi connectivity index (χ0v) is 14.7. The van der Waals surface area contributed by atoms with E-state index in [1.165, 1.54) is 5.69 Å². The van der Waals surface area contributed by atoms with Crippen molar-refractivity contribution in [2.75, 3.05) is 36.4 Å². The van der Waals surface area contributed by atoms with Crippen molar-refractivity contribution in [1.29, 1.82) is 0 Å². The summed E-state index contributed by atoms with van der Waals surface area (Å²) in [5.41, 5.74) is 3.14. The van der Waals surface area contributed by atoms with Crippen LogP contribution in [-0.4, -0.2) is 37.1 Å². The van der Waals surface area contributed by atoms with Gasteiger partial charge in [0.2, 0.25) is 0 Å². The normalized spacial score (nSPS) is 14.7. The Morgan fingerprint density at radius 3 is 2.35 bits per heavy atom. The first-order valence-corrected chi connectivity index (χ1v) is 8.55. The van der Waals surface area contributed by atoms with Gasteiger partial charge in [0, 0.05) is 36.3 Å². The predicted molar refractivity (Wildman–Crippen MR) is 98.1 cm³/mol. The molecule has 2 amide bonds. The Labute approximate surface area is 145 Å². The fourth-order valence-corrected chi connectivity index (χ4v) is 3.30. The molecular weight excluding hydrogens is 354 g/mol. The molecular formula is C18H20BrN3O. The molecule has 0 aromatic heterocycles. The van der Waals surface area contributed by atoms with Gasteiger partial charge < -0.3 is 15.1 Å². The maximum atomic E-state index is 12.4. The lowest BCUT2D eigenvalue weighted by Crippen LogP contribution is -2.50. The fraction of sp³-hybridized carbons (Fsp3) is 0.278. The van der Waals surface area contributed by atoms with Crippen LogP contribution in [0.15, 0.2) is 53.0 Å². The average molecular weight is 374 g/mol. The van der Waals surface area contributed by atoms with Crippen LogP contribution in [-0.2, 0) is 0 Å². The lowest BCUT2D eigenvalue weighted by Gasteiger charge is -2.36. The van der Waals surface area contributed by atoms with E-state index in [2.05, 4.69) is 32.2 Å². The summed E-state index contributed by atoms with van der Waals surface area (Å²) >= 11 is 3.59. The number of piperazine rings is 1. The summed E-state index contributed by atoms with van der Waals surface area (Å²) in [7, 11) is 0. The van der Waals surface area contributed by atoms with E-state index in [1.807, 2.05) is 54.3 Å². The molecule has 1 fully saturated rings. The Morgan fingerprint density at radius 1 is 1.00 bits per heavy atom. The second-order valence-electron chi connectivity index (χ2n) is 5.67. The maximum Gasteiger partial charge on any atom is 0.321 e. The molecule has 0 spiro atoms. The van der Waals surface area contributed by atoms with E-state index in [1.54, 1.807) is 0 Å². The minimum absolute atomic E-state index is 0.0222. The molecule has 1 N–H and O–H groups in total. The SMILES string of the molecule is Cc1ccccc1NC(=O)N1CCN(c2ccccc2Br)CC1. The molecule has 5 heteroatoms. The van der Waals surface area contributed by atoms with Crippen LogP contribution in [0.4, 0.5) is 16.2 Å². The van der Waals surface area contributed by atoms with Crippen LogP contribution in [0.3, 0.4) is 0 Å². The molecule has 2 aromatic carbocycles. The number of rotatable bonds is 2. The van der Waals surface area contributed by atoms with Crippen molar-refractivity contribution in [1.82, 2.24) is 4.90 Å². The van der Waals surface area contributed by atoms with Crippen LogP contribution in [0, 0.1) is 6.92 Å². The van der Waals surface area contributed by atoms with Crippen molar-refractivity contribution in [2.45, 2.75) is 6.92 Å². The smallest absolute Gasteiger partial charge is 0.321 e. The molecule has 0 aliphatic carbocycles. The standard InChI is InChI=1S/C18H20BrN3O/c1-14-6-2-4-8-16(14)20-18(23)22-12-10-21(11-13-22)17-9-5-3-7-15(17)19/h2-9H,10-13H2,1H3,(H,20,23). The van der Waals surface area contributed by atoms with Crippen LogP contribution in [0.2, 0.25) is 0 Å². The molecule has 120 valence electrons. The Kier molecular flexibility index (Phi) is 4.86. The number of hydrogen-bond acceptors (Lipinski definition) is 2. The van der Waals surface area contributed by atoms with E-state index in [0.29, 0.717) is 0 Å². The van der Waals surface area contributed by atoms with Crippen molar-refractivity contribution in [3.8, 4) is 0 Å². The van der Waals surface area contributed by atoms with Crippen LogP contribution in [0.5, 0.6) is 0 Å². The van der Waals surface area contributed by atoms with Crippen LogP contribution in [0.25, 0.3) is 0 Å². The zero-order valence-electron chi connectivity index (χ0n) is 13.1. The lowest BCUT2D eigenvalue weighted by molar-refractivity contribution is 0.208. The number of benzene rings is 2. The Morgan fingerprint density at radius 2 is 1.65 bits per heavy atom. The molecule has 23 heavy (non-hydrogen) atoms. The van der Waals surface area contributed by atoms with Gasteiger partial charge in [0.15, 0.2) is 0 Å². The number of aryl methyl sites for hydroxylation is 1. The molecule has 0 bridgehead atoms. The summed E-state index contributed by atoms with van der Waals surface area (Å²) in [4.78, 5) is 16.6. The summed E-state index contributed by atoms with van der Waals surface area (Å²) in [6.45, 7) is 5.12. The Balaban J connectivity index is 1.60. The van der Waals surface area contributed by atoms with E-state index in [4.69, 9.17) is 0 Å². The number of amides is 2. The second kappa shape index (κ2) is 7.04. The number of urea groups is 1. The number of anilines is 2. The number of carbonyl (C=O) groups is 1. The molecule has 0 radical (unpaired) electrons. The fourth-order valence-electron chi connectivity index (χ4n) is 2.77. The van der Waals surface area contributed by atoms with Gasteiger partial charge in [-0.25, -0.2) is 4.79 Å². The van der Waals surface area contributed by atoms with Gasteiger partial charge in [-0.15, -0.1) is 0 Å². The monoisotopic (exact) mass is 373 g/mol. The van der Waals surface area contributed by atoms with Crippen molar-refractivity contribution in [3.63, 3.8) is 0 Å². The lowest BCUT2D eigenvalue weighted by atomic mass is 10.2. The van der Waals surface area contributed by atoms with Gasteiger partial charge >= 0.3 is 6.03 Å². The summed E-state index contributed by atoms with van der Waals surface area (Å²) in [5.74, 6) is 0. The molecule has 1 aliphatic heterocycles. The maximum absolute atomic E-state index is 12.4. The highest BCUT2D eigenvalue weighted by Gasteiger charge is 2.22. The van der Waals surface area contributed by atoms with Gasteiger partial charge in [0.05, 0.1) is 5.69 Å². The van der Waals surface area contributed by atoms with Crippen LogP contribution in [0.1, 0.15) is 5.56 Å². The van der Waals surface area contributed by atoms with Crippen molar-refractivity contribution >= 4 is 33.3 Å². The van der Waals surface area contributed by atoms with E-state index in [9.17, 15) is 4.79 Å². The van der Waals surface area contributed by atoms with Crippen LogP contribution < -0.4 is 10.2 Å². The number of nitrogens with one attached hydrogen (secondary N) is 1.